The van der Waals surface area contributed by atoms with Crippen molar-refractivity contribution >= 4 is 5.78 Å². The zero-order chi connectivity index (χ0) is 13.7. The maximum atomic E-state index is 12.0. The van der Waals surface area contributed by atoms with Gasteiger partial charge < -0.3 is 0 Å². The topological polar surface area (TPSA) is 17.1 Å². The van der Waals surface area contributed by atoms with E-state index in [1.54, 1.807) is 0 Å². The van der Waals surface area contributed by atoms with Gasteiger partial charge in [-0.3, -0.25) is 4.79 Å². The lowest BCUT2D eigenvalue weighted by molar-refractivity contribution is -0.118. The number of aryl methyl sites for hydroxylation is 3. The molecule has 1 nitrogen and oxygen atoms in total. The Balaban J connectivity index is 1.92. The van der Waals surface area contributed by atoms with Gasteiger partial charge in [-0.1, -0.05) is 48.5 Å². The number of Topliss-reactive ketones (excluding diaryl/α,β-unsaturated/α-hetero) is 1. The summed E-state index contributed by atoms with van der Waals surface area (Å²) in [4.78, 5) is 12.0. The average Bonchev–Trinajstić information content (AvgIpc) is 2.40. The molecule has 0 aliphatic carbocycles. The first kappa shape index (κ1) is 13.5. The van der Waals surface area contributed by atoms with Crippen LogP contribution in [-0.4, -0.2) is 5.78 Å². The van der Waals surface area contributed by atoms with Gasteiger partial charge in [-0.15, -0.1) is 0 Å². The van der Waals surface area contributed by atoms with Crippen LogP contribution in [0.25, 0.3) is 0 Å². The first-order valence-electron chi connectivity index (χ1n) is 6.77. The summed E-state index contributed by atoms with van der Waals surface area (Å²) in [6.07, 6.45) is 2.02. The fraction of sp³-hybridized carbons (Fsp3) is 0.278. The average molecular weight is 252 g/mol. The highest BCUT2D eigenvalue weighted by Crippen LogP contribution is 2.12. The Morgan fingerprint density at radius 3 is 1.95 bits per heavy atom. The Labute approximate surface area is 115 Å². The molecular formula is C18H20O. The van der Waals surface area contributed by atoms with Crippen LogP contribution in [0.2, 0.25) is 0 Å². The number of benzene rings is 2. The number of carbonyl (C=O) groups excluding carboxylic acids is 1. The lowest BCUT2D eigenvalue weighted by Gasteiger charge is -2.06. The molecule has 0 atom stereocenters. The fourth-order valence-electron chi connectivity index (χ4n) is 2.27. The zero-order valence-corrected chi connectivity index (χ0v) is 11.6. The molecule has 0 fully saturated rings. The summed E-state index contributed by atoms with van der Waals surface area (Å²) in [5, 5.41) is 0. The molecule has 2 aromatic rings. The molecule has 0 saturated heterocycles. The van der Waals surface area contributed by atoms with E-state index >= 15 is 0 Å². The molecule has 0 saturated carbocycles. The van der Waals surface area contributed by atoms with Gasteiger partial charge in [0.1, 0.15) is 5.78 Å². The van der Waals surface area contributed by atoms with Gasteiger partial charge in [-0.05, 0) is 42.5 Å². The maximum Gasteiger partial charge on any atom is 0.137 e. The number of carbonyl (C=O) groups is 1. The summed E-state index contributed by atoms with van der Waals surface area (Å²) in [5.74, 6) is 0.317. The van der Waals surface area contributed by atoms with Crippen molar-refractivity contribution in [2.75, 3.05) is 0 Å². The molecule has 0 aliphatic heterocycles. The number of hydrogen-bond acceptors (Lipinski definition) is 1. The van der Waals surface area contributed by atoms with Crippen LogP contribution in [0.3, 0.4) is 0 Å². The number of rotatable bonds is 5. The molecule has 0 heterocycles. The largest absolute Gasteiger partial charge is 0.299 e. The Hall–Kier alpha value is -1.89. The lowest BCUT2D eigenvalue weighted by Crippen LogP contribution is -2.06. The molecule has 0 aliphatic rings. The van der Waals surface area contributed by atoms with E-state index in [1.165, 1.54) is 16.7 Å². The molecule has 0 aromatic heterocycles. The van der Waals surface area contributed by atoms with E-state index in [-0.39, 0.29) is 0 Å². The fourth-order valence-corrected chi connectivity index (χ4v) is 2.27. The van der Waals surface area contributed by atoms with Crippen molar-refractivity contribution in [3.8, 4) is 0 Å². The summed E-state index contributed by atoms with van der Waals surface area (Å²) in [6.45, 7) is 4.16. The molecule has 1 heteroatoms. The van der Waals surface area contributed by atoms with E-state index in [2.05, 4.69) is 32.0 Å². The van der Waals surface area contributed by atoms with E-state index < -0.39 is 0 Å². The van der Waals surface area contributed by atoms with Crippen LogP contribution in [0.4, 0.5) is 0 Å². The third-order valence-corrected chi connectivity index (χ3v) is 3.58. The highest BCUT2D eigenvalue weighted by molar-refractivity contribution is 5.81. The molecule has 0 amide bonds. The van der Waals surface area contributed by atoms with Gasteiger partial charge in [-0.25, -0.2) is 0 Å². The monoisotopic (exact) mass is 252 g/mol. The molecule has 2 aromatic carbocycles. The van der Waals surface area contributed by atoms with E-state index in [9.17, 15) is 4.79 Å². The van der Waals surface area contributed by atoms with Crippen LogP contribution in [0.5, 0.6) is 0 Å². The highest BCUT2D eigenvalue weighted by atomic mass is 16.1. The Kier molecular flexibility index (Phi) is 4.51. The molecule has 19 heavy (non-hydrogen) atoms. The van der Waals surface area contributed by atoms with Crippen LogP contribution in [0, 0.1) is 13.8 Å². The minimum absolute atomic E-state index is 0.317. The number of ketones is 1. The van der Waals surface area contributed by atoms with Crippen molar-refractivity contribution in [3.63, 3.8) is 0 Å². The smallest absolute Gasteiger partial charge is 0.137 e. The van der Waals surface area contributed by atoms with Gasteiger partial charge in [0, 0.05) is 12.8 Å². The van der Waals surface area contributed by atoms with Gasteiger partial charge in [0.25, 0.3) is 0 Å². The van der Waals surface area contributed by atoms with Crippen molar-refractivity contribution in [1.29, 1.82) is 0 Å². The van der Waals surface area contributed by atoms with Gasteiger partial charge in [0.05, 0.1) is 0 Å². The second kappa shape index (κ2) is 6.33. The van der Waals surface area contributed by atoms with Gasteiger partial charge in [0.15, 0.2) is 0 Å². The van der Waals surface area contributed by atoms with Crippen molar-refractivity contribution in [1.82, 2.24) is 0 Å². The van der Waals surface area contributed by atoms with Crippen molar-refractivity contribution < 1.29 is 4.79 Å². The highest BCUT2D eigenvalue weighted by Gasteiger charge is 2.07. The van der Waals surface area contributed by atoms with Crippen LogP contribution in [0.15, 0.2) is 48.5 Å². The zero-order valence-electron chi connectivity index (χ0n) is 11.6. The molecule has 2 rings (SSSR count). The third kappa shape index (κ3) is 3.78. The van der Waals surface area contributed by atoms with Crippen LogP contribution >= 0.6 is 0 Å². The summed E-state index contributed by atoms with van der Waals surface area (Å²) < 4.78 is 0. The quantitative estimate of drug-likeness (QED) is 0.784. The van der Waals surface area contributed by atoms with Crippen molar-refractivity contribution in [3.05, 3.63) is 70.8 Å². The van der Waals surface area contributed by atoms with E-state index in [0.717, 1.165) is 12.0 Å². The second-order valence-electron chi connectivity index (χ2n) is 5.07. The van der Waals surface area contributed by atoms with Gasteiger partial charge in [0.2, 0.25) is 0 Å². The first-order chi connectivity index (χ1) is 9.16. The summed E-state index contributed by atoms with van der Waals surface area (Å²) in [7, 11) is 0. The predicted octanol–water partition coefficient (Wildman–Crippen LogP) is 4.05. The normalized spacial score (nSPS) is 10.4. The van der Waals surface area contributed by atoms with Gasteiger partial charge >= 0.3 is 0 Å². The van der Waals surface area contributed by atoms with Crippen LogP contribution < -0.4 is 0 Å². The lowest BCUT2D eigenvalue weighted by atomic mass is 9.98. The van der Waals surface area contributed by atoms with Crippen molar-refractivity contribution in [2.24, 2.45) is 0 Å². The SMILES string of the molecule is Cc1ccccc1CCC(=O)Cc1ccccc1C. The summed E-state index contributed by atoms with van der Waals surface area (Å²) >= 11 is 0. The molecule has 0 unspecified atom stereocenters. The maximum absolute atomic E-state index is 12.0. The first-order valence-corrected chi connectivity index (χ1v) is 6.77. The summed E-state index contributed by atoms with van der Waals surface area (Å²) in [6, 6.07) is 16.4. The van der Waals surface area contributed by atoms with Crippen LogP contribution in [0.1, 0.15) is 28.7 Å². The Bertz CT molecular complexity index is 569. The van der Waals surface area contributed by atoms with Crippen molar-refractivity contribution in [2.45, 2.75) is 33.1 Å². The molecule has 98 valence electrons. The third-order valence-electron chi connectivity index (χ3n) is 3.58. The predicted molar refractivity (Wildman–Crippen MR) is 79.4 cm³/mol. The van der Waals surface area contributed by atoms with E-state index in [1.807, 2.05) is 30.3 Å². The molecule has 0 N–H and O–H groups in total. The second-order valence-corrected chi connectivity index (χ2v) is 5.07. The van der Waals surface area contributed by atoms with Gasteiger partial charge in [-0.2, -0.15) is 0 Å². The minimum Gasteiger partial charge on any atom is -0.299 e. The standard InChI is InChI=1S/C18H20O/c1-14-7-3-5-9-16(14)11-12-18(19)13-17-10-6-4-8-15(17)2/h3-10H,11-13H2,1-2H3. The Morgan fingerprint density at radius 2 is 1.37 bits per heavy atom. The van der Waals surface area contributed by atoms with E-state index in [4.69, 9.17) is 0 Å². The molecular weight excluding hydrogens is 232 g/mol. The van der Waals surface area contributed by atoms with Crippen LogP contribution in [-0.2, 0) is 17.6 Å². The molecule has 0 bridgehead atoms. The molecule has 0 radical (unpaired) electrons. The Morgan fingerprint density at radius 1 is 0.842 bits per heavy atom. The number of hydrogen-bond donors (Lipinski definition) is 0. The van der Waals surface area contributed by atoms with E-state index in [0.29, 0.717) is 18.6 Å². The summed E-state index contributed by atoms with van der Waals surface area (Å²) in [5.41, 5.74) is 4.90. The molecule has 0 spiro atoms. The minimum atomic E-state index is 0.317.